The van der Waals surface area contributed by atoms with Crippen molar-refractivity contribution in [2.45, 2.75) is 36.8 Å². The second kappa shape index (κ2) is 8.50. The lowest BCUT2D eigenvalue weighted by molar-refractivity contribution is -0.277. The Morgan fingerprint density at radius 2 is 1.52 bits per heavy atom. The molecular formula is C21H23O12+. The molecule has 1 fully saturated rings. The van der Waals surface area contributed by atoms with Crippen LogP contribution in [0.5, 0.6) is 34.5 Å². The van der Waals surface area contributed by atoms with Crippen LogP contribution in [0.25, 0.3) is 6.08 Å². The number of hydrogen-bond donors (Lipinski definition) is 9. The third kappa shape index (κ3) is 4.05. The van der Waals surface area contributed by atoms with E-state index in [0.29, 0.717) is 0 Å². The lowest BCUT2D eigenvalue weighted by atomic mass is 9.99. The molecular weight excluding hydrogens is 444 g/mol. The summed E-state index contributed by atoms with van der Waals surface area (Å²) in [4.78, 5) is 0. The van der Waals surface area contributed by atoms with Gasteiger partial charge < -0.3 is 60.2 Å². The Morgan fingerprint density at radius 1 is 0.848 bits per heavy atom. The van der Waals surface area contributed by atoms with Gasteiger partial charge in [0.2, 0.25) is 6.29 Å². The van der Waals surface area contributed by atoms with E-state index in [1.54, 1.807) is 0 Å². The van der Waals surface area contributed by atoms with Crippen LogP contribution in [0, 0.1) is 0 Å². The zero-order valence-corrected chi connectivity index (χ0v) is 16.8. The van der Waals surface area contributed by atoms with Gasteiger partial charge >= 0.3 is 0 Å². The van der Waals surface area contributed by atoms with Crippen LogP contribution >= 0.6 is 0 Å². The minimum atomic E-state index is -1.67. The fraction of sp³-hybridized carbons (Fsp3) is 0.333. The Hall–Kier alpha value is -3.42. The summed E-state index contributed by atoms with van der Waals surface area (Å²) in [6.45, 7) is -0.645. The number of benzene rings is 2. The van der Waals surface area contributed by atoms with Gasteiger partial charge in [0, 0.05) is 12.1 Å². The second-order valence-corrected chi connectivity index (χ2v) is 7.70. The van der Waals surface area contributed by atoms with Gasteiger partial charge in [-0.3, -0.25) is 0 Å². The number of phenols is 4. The van der Waals surface area contributed by atoms with E-state index in [1.165, 1.54) is 12.1 Å². The lowest BCUT2D eigenvalue weighted by Crippen LogP contribution is -2.60. The molecule has 6 atom stereocenters. The first-order chi connectivity index (χ1) is 15.6. The molecule has 33 heavy (non-hydrogen) atoms. The zero-order chi connectivity index (χ0) is 24.0. The van der Waals surface area contributed by atoms with E-state index in [1.807, 2.05) is 0 Å². The molecule has 2 aliphatic rings. The molecule has 0 aromatic heterocycles. The van der Waals surface area contributed by atoms with Gasteiger partial charge in [0.1, 0.15) is 41.5 Å². The molecule has 0 aliphatic carbocycles. The minimum Gasteiger partial charge on any atom is -0.571 e. The number of aliphatic hydroxyl groups is 6. The average Bonchev–Trinajstić information content (AvgIpc) is 2.77. The van der Waals surface area contributed by atoms with Gasteiger partial charge in [-0.25, -0.2) is 0 Å². The normalized spacial score (nSPS) is 29.0. The van der Waals surface area contributed by atoms with Crippen molar-refractivity contribution in [3.63, 3.8) is 0 Å². The number of phenolic OH excluding ortho intramolecular Hbond substituents is 4. The highest BCUT2D eigenvalue weighted by Crippen LogP contribution is 2.46. The first-order valence-electron chi connectivity index (χ1n) is 9.81. The van der Waals surface area contributed by atoms with Crippen molar-refractivity contribution in [3.05, 3.63) is 41.2 Å². The van der Waals surface area contributed by atoms with Crippen molar-refractivity contribution in [3.8, 4) is 34.5 Å². The van der Waals surface area contributed by atoms with Gasteiger partial charge in [0.15, 0.2) is 23.0 Å². The van der Waals surface area contributed by atoms with E-state index in [0.717, 1.165) is 18.2 Å². The molecule has 6 unspecified atom stereocenters. The summed E-state index contributed by atoms with van der Waals surface area (Å²) < 4.78 is 15.1. The van der Waals surface area contributed by atoms with E-state index in [9.17, 15) is 46.0 Å². The van der Waals surface area contributed by atoms with Crippen LogP contribution in [-0.2, 0) is 4.74 Å². The predicted molar refractivity (Wildman–Crippen MR) is 109 cm³/mol. The van der Waals surface area contributed by atoms with Crippen LogP contribution in [0.4, 0.5) is 0 Å². The topological polar surface area (TPSA) is 213 Å². The van der Waals surface area contributed by atoms with Gasteiger partial charge in [-0.05, 0) is 12.1 Å². The molecule has 178 valence electrons. The molecule has 1 saturated heterocycles. The smallest absolute Gasteiger partial charge is 0.270 e. The summed E-state index contributed by atoms with van der Waals surface area (Å²) in [5, 5.41) is 89.1. The van der Waals surface area contributed by atoms with E-state index >= 15 is 0 Å². The Labute approximate surface area is 186 Å². The molecule has 0 radical (unpaired) electrons. The fourth-order valence-corrected chi connectivity index (χ4v) is 3.68. The summed E-state index contributed by atoms with van der Waals surface area (Å²) in [5.74, 6) is -2.56. The maximum absolute atomic E-state index is 10.4. The van der Waals surface area contributed by atoms with Gasteiger partial charge in [-0.2, -0.15) is 0 Å². The van der Waals surface area contributed by atoms with Gasteiger partial charge in [0.05, 0.1) is 18.2 Å². The summed E-state index contributed by atoms with van der Waals surface area (Å²) in [6, 6.07) is 4.70. The molecule has 0 spiro atoms. The number of hydrogen-bond acceptors (Lipinski definition) is 11. The highest BCUT2D eigenvalue weighted by atomic mass is 16.7. The zero-order valence-electron chi connectivity index (χ0n) is 16.8. The maximum Gasteiger partial charge on any atom is 0.270 e. The van der Waals surface area contributed by atoms with Crippen molar-refractivity contribution in [2.75, 3.05) is 6.61 Å². The van der Waals surface area contributed by atoms with Crippen molar-refractivity contribution < 1.29 is 60.2 Å². The van der Waals surface area contributed by atoms with Gasteiger partial charge in [-0.15, -0.1) is 0 Å². The highest BCUT2D eigenvalue weighted by molar-refractivity contribution is 5.69. The van der Waals surface area contributed by atoms with Crippen LogP contribution in [0.15, 0.2) is 30.0 Å². The number of rotatable bonds is 4. The standard InChI is InChI=1S/C21H22O12/c22-6-15-17(28)18(29)19(30)21(33-15)31-8-3-10(23)9-5-13(26)20(32-14(9)4-8)7-1-11(24)16(27)12(25)2-7/h1-5,15,17-30H,6H2/p+1. The van der Waals surface area contributed by atoms with Crippen molar-refractivity contribution in [2.24, 2.45) is 0 Å². The van der Waals surface area contributed by atoms with Gasteiger partial charge in [-0.1, -0.05) is 0 Å². The third-order valence-electron chi connectivity index (χ3n) is 5.46. The number of aromatic hydroxyl groups is 5. The molecule has 0 bridgehead atoms. The Balaban J connectivity index is 1.63. The lowest BCUT2D eigenvalue weighted by Gasteiger charge is -2.39. The summed E-state index contributed by atoms with van der Waals surface area (Å²) >= 11 is 0. The molecule has 2 aromatic carbocycles. The second-order valence-electron chi connectivity index (χ2n) is 7.70. The highest BCUT2D eigenvalue weighted by Gasteiger charge is 2.45. The predicted octanol–water partition coefficient (Wildman–Crippen LogP) is -0.417. The summed E-state index contributed by atoms with van der Waals surface area (Å²) in [5.41, 5.74) is 0.277. The molecule has 12 nitrogen and oxygen atoms in total. The Bertz CT molecular complexity index is 1060. The largest absolute Gasteiger partial charge is 0.571 e. The Kier molecular flexibility index (Phi) is 5.86. The summed E-state index contributed by atoms with van der Waals surface area (Å²) in [6.07, 6.45) is -7.45. The minimum absolute atomic E-state index is 0.0516. The average molecular weight is 467 g/mol. The first kappa shape index (κ1) is 22.8. The fourth-order valence-electron chi connectivity index (χ4n) is 3.68. The number of fused-ring (bicyclic) bond motifs is 1. The van der Waals surface area contributed by atoms with Crippen LogP contribution in [-0.4, -0.2) is 88.0 Å². The molecule has 10 N–H and O–H groups in total. The number of ether oxygens (including phenoxy) is 3. The van der Waals surface area contributed by atoms with E-state index in [2.05, 4.69) is 4.74 Å². The monoisotopic (exact) mass is 467 g/mol. The van der Waals surface area contributed by atoms with Crippen LogP contribution in [0.2, 0.25) is 0 Å². The summed E-state index contributed by atoms with van der Waals surface area (Å²) in [7, 11) is 0. The molecule has 0 amide bonds. The molecule has 2 aromatic rings. The maximum atomic E-state index is 10.4. The SMILES string of the molecule is OCC1OC(Oc2cc(O)c3c(c2)[OH+]C(c2cc(O)c(O)c(O)c2)C(O)=C3)C(O)C(O)C1O. The van der Waals surface area contributed by atoms with Crippen LogP contribution in [0.3, 0.4) is 0 Å². The van der Waals surface area contributed by atoms with Crippen molar-refractivity contribution in [1.82, 2.24) is 0 Å². The van der Waals surface area contributed by atoms with E-state index < -0.39 is 60.7 Å². The first-order valence-corrected chi connectivity index (χ1v) is 9.81. The van der Waals surface area contributed by atoms with Crippen molar-refractivity contribution in [1.29, 1.82) is 0 Å². The van der Waals surface area contributed by atoms with Crippen LogP contribution in [0.1, 0.15) is 17.2 Å². The molecule has 2 heterocycles. The molecule has 2 aliphatic heterocycles. The third-order valence-corrected chi connectivity index (χ3v) is 5.46. The molecule has 12 heteroatoms. The molecule has 0 saturated carbocycles. The van der Waals surface area contributed by atoms with Gasteiger partial charge in [0.25, 0.3) is 11.9 Å². The Morgan fingerprint density at radius 3 is 2.15 bits per heavy atom. The quantitative estimate of drug-likeness (QED) is 0.208. The van der Waals surface area contributed by atoms with Crippen LogP contribution < -0.4 is 4.74 Å². The van der Waals surface area contributed by atoms with E-state index in [4.69, 9.17) is 9.47 Å². The molecule has 4 rings (SSSR count). The van der Waals surface area contributed by atoms with Crippen molar-refractivity contribution >= 4 is 6.08 Å². The van der Waals surface area contributed by atoms with E-state index in [-0.39, 0.29) is 34.1 Å². The number of aliphatic hydroxyl groups excluding tert-OH is 5.